The summed E-state index contributed by atoms with van der Waals surface area (Å²) in [6, 6.07) is 1.45. The molecule has 1 aromatic heterocycles. The summed E-state index contributed by atoms with van der Waals surface area (Å²) < 4.78 is 0.311. The van der Waals surface area contributed by atoms with Crippen LogP contribution in [-0.4, -0.2) is 41.1 Å². The molecule has 0 aliphatic rings. The van der Waals surface area contributed by atoms with Crippen molar-refractivity contribution in [1.29, 1.82) is 0 Å². The predicted molar refractivity (Wildman–Crippen MR) is 58.8 cm³/mol. The first-order valence-electron chi connectivity index (χ1n) is 4.31. The van der Waals surface area contributed by atoms with Gasteiger partial charge in [0.1, 0.15) is 0 Å². The molecule has 0 bridgehead atoms. The third-order valence-electron chi connectivity index (χ3n) is 1.89. The minimum absolute atomic E-state index is 0.0905. The Kier molecular flexibility index (Phi) is 4.05. The molecule has 5 nitrogen and oxygen atoms in total. The molecule has 82 valence electrons. The Morgan fingerprint density at radius 3 is 2.87 bits per heavy atom. The van der Waals surface area contributed by atoms with Crippen molar-refractivity contribution in [2.45, 2.75) is 0 Å². The van der Waals surface area contributed by atoms with E-state index in [1.165, 1.54) is 17.2 Å². The molecule has 1 aromatic rings. The maximum absolute atomic E-state index is 11.7. The number of aliphatic hydroxyl groups is 1. The van der Waals surface area contributed by atoms with Crippen LogP contribution in [-0.2, 0) is 0 Å². The van der Waals surface area contributed by atoms with Gasteiger partial charge in [0.25, 0.3) is 11.5 Å². The van der Waals surface area contributed by atoms with Crippen molar-refractivity contribution in [2.24, 2.45) is 0 Å². The van der Waals surface area contributed by atoms with Crippen LogP contribution in [0.5, 0.6) is 0 Å². The Labute approximate surface area is 94.9 Å². The second-order valence-corrected chi connectivity index (χ2v) is 3.87. The monoisotopic (exact) mass is 274 g/mol. The van der Waals surface area contributed by atoms with Crippen molar-refractivity contribution >= 4 is 21.8 Å². The molecule has 0 radical (unpaired) electrons. The molecular formula is C9H11BrN2O3. The van der Waals surface area contributed by atoms with Gasteiger partial charge >= 0.3 is 0 Å². The summed E-state index contributed by atoms with van der Waals surface area (Å²) >= 11 is 3.04. The zero-order valence-electron chi connectivity index (χ0n) is 8.16. The van der Waals surface area contributed by atoms with Crippen LogP contribution < -0.4 is 5.56 Å². The number of likely N-dealkylation sites (N-methyl/N-ethyl adjacent to an activating group) is 1. The van der Waals surface area contributed by atoms with Crippen molar-refractivity contribution in [1.82, 2.24) is 9.88 Å². The molecule has 15 heavy (non-hydrogen) atoms. The van der Waals surface area contributed by atoms with Gasteiger partial charge in [-0.3, -0.25) is 9.59 Å². The van der Waals surface area contributed by atoms with Crippen LogP contribution >= 0.6 is 15.9 Å². The van der Waals surface area contributed by atoms with Crippen LogP contribution in [0.15, 0.2) is 21.5 Å². The van der Waals surface area contributed by atoms with Gasteiger partial charge in [0.05, 0.1) is 16.6 Å². The van der Waals surface area contributed by atoms with E-state index in [1.807, 2.05) is 0 Å². The van der Waals surface area contributed by atoms with E-state index >= 15 is 0 Å². The lowest BCUT2D eigenvalue weighted by molar-refractivity contribution is 0.0766. The Morgan fingerprint density at radius 1 is 1.67 bits per heavy atom. The number of halogens is 1. The van der Waals surface area contributed by atoms with E-state index in [9.17, 15) is 9.59 Å². The Hall–Kier alpha value is -1.14. The molecule has 0 spiro atoms. The van der Waals surface area contributed by atoms with E-state index in [-0.39, 0.29) is 24.6 Å². The van der Waals surface area contributed by atoms with Gasteiger partial charge in [0, 0.05) is 19.8 Å². The first-order valence-corrected chi connectivity index (χ1v) is 5.10. The standard InChI is InChI=1S/C9H11BrN2O3/c1-12(2-3-13)9(15)6-4-7(10)8(14)11-5-6/h4-5,13H,2-3H2,1H3,(H,11,14). The third-order valence-corrected chi connectivity index (χ3v) is 2.48. The number of aromatic amines is 1. The largest absolute Gasteiger partial charge is 0.395 e. The van der Waals surface area contributed by atoms with E-state index in [1.54, 1.807) is 7.05 Å². The van der Waals surface area contributed by atoms with Gasteiger partial charge in [-0.25, -0.2) is 0 Å². The van der Waals surface area contributed by atoms with Crippen molar-refractivity contribution in [2.75, 3.05) is 20.2 Å². The zero-order valence-corrected chi connectivity index (χ0v) is 9.74. The summed E-state index contributed by atoms with van der Waals surface area (Å²) in [6.45, 7) is 0.169. The fourth-order valence-corrected chi connectivity index (χ4v) is 1.41. The summed E-state index contributed by atoms with van der Waals surface area (Å²) in [6.07, 6.45) is 1.35. The smallest absolute Gasteiger partial charge is 0.262 e. The molecule has 1 heterocycles. The average molecular weight is 275 g/mol. The van der Waals surface area contributed by atoms with E-state index in [2.05, 4.69) is 20.9 Å². The Morgan fingerprint density at radius 2 is 2.33 bits per heavy atom. The molecule has 2 N–H and O–H groups in total. The third kappa shape index (κ3) is 2.90. The van der Waals surface area contributed by atoms with Crippen molar-refractivity contribution in [3.63, 3.8) is 0 Å². The first kappa shape index (κ1) is 11.9. The average Bonchev–Trinajstić information content (AvgIpc) is 2.21. The van der Waals surface area contributed by atoms with Crippen LogP contribution in [0.2, 0.25) is 0 Å². The minimum atomic E-state index is -0.281. The van der Waals surface area contributed by atoms with Crippen LogP contribution in [0.25, 0.3) is 0 Å². The zero-order chi connectivity index (χ0) is 11.4. The van der Waals surface area contributed by atoms with Gasteiger partial charge in [0.15, 0.2) is 0 Å². The Balaban J connectivity index is 2.92. The summed E-state index contributed by atoms with van der Waals surface area (Å²) in [7, 11) is 1.58. The quantitative estimate of drug-likeness (QED) is 0.827. The molecule has 0 atom stereocenters. The van der Waals surface area contributed by atoms with Gasteiger partial charge in [-0.1, -0.05) is 0 Å². The molecule has 1 amide bonds. The van der Waals surface area contributed by atoms with Gasteiger partial charge < -0.3 is 15.0 Å². The molecule has 0 fully saturated rings. The van der Waals surface area contributed by atoms with E-state index < -0.39 is 0 Å². The number of carbonyl (C=O) groups excluding carboxylic acids is 1. The fraction of sp³-hybridized carbons (Fsp3) is 0.333. The van der Waals surface area contributed by atoms with Crippen molar-refractivity contribution in [3.8, 4) is 0 Å². The number of aliphatic hydroxyl groups excluding tert-OH is 1. The SMILES string of the molecule is CN(CCO)C(=O)c1c[nH]c(=O)c(Br)c1. The minimum Gasteiger partial charge on any atom is -0.395 e. The van der Waals surface area contributed by atoms with Gasteiger partial charge in [-0.05, 0) is 22.0 Å². The number of carbonyl (C=O) groups is 1. The number of amides is 1. The molecule has 0 saturated heterocycles. The maximum atomic E-state index is 11.7. The van der Waals surface area contributed by atoms with Crippen LogP contribution in [0.1, 0.15) is 10.4 Å². The topological polar surface area (TPSA) is 73.4 Å². The number of nitrogens with one attached hydrogen (secondary N) is 1. The molecule has 0 saturated carbocycles. The summed E-state index contributed by atoms with van der Waals surface area (Å²) in [5.41, 5.74) is 0.0915. The number of pyridine rings is 1. The normalized spacial score (nSPS) is 10.1. The molecule has 0 aromatic carbocycles. The number of H-pyrrole nitrogens is 1. The second kappa shape index (κ2) is 5.09. The summed E-state index contributed by atoms with van der Waals surface area (Å²) in [4.78, 5) is 26.5. The molecule has 1 rings (SSSR count). The number of aromatic nitrogens is 1. The summed E-state index contributed by atoms with van der Waals surface area (Å²) in [5, 5.41) is 8.67. The molecule has 0 aliphatic heterocycles. The number of nitrogens with zero attached hydrogens (tertiary/aromatic N) is 1. The molecule has 0 unspecified atom stereocenters. The predicted octanol–water partition coefficient (Wildman–Crippen LogP) is 0.202. The van der Waals surface area contributed by atoms with Crippen molar-refractivity contribution < 1.29 is 9.90 Å². The lowest BCUT2D eigenvalue weighted by Gasteiger charge is -2.15. The highest BCUT2D eigenvalue weighted by atomic mass is 79.9. The molecule has 6 heteroatoms. The fourth-order valence-electron chi connectivity index (χ4n) is 1.05. The van der Waals surface area contributed by atoms with Gasteiger partial charge in [0.2, 0.25) is 0 Å². The molecular weight excluding hydrogens is 264 g/mol. The number of hydrogen-bond acceptors (Lipinski definition) is 3. The first-order chi connectivity index (χ1) is 7.06. The Bertz CT molecular complexity index is 416. The van der Waals surface area contributed by atoms with E-state index in [0.29, 0.717) is 10.0 Å². The van der Waals surface area contributed by atoms with Gasteiger partial charge in [-0.2, -0.15) is 0 Å². The highest BCUT2D eigenvalue weighted by molar-refractivity contribution is 9.10. The van der Waals surface area contributed by atoms with Crippen LogP contribution in [0.4, 0.5) is 0 Å². The van der Waals surface area contributed by atoms with Crippen LogP contribution in [0, 0.1) is 0 Å². The van der Waals surface area contributed by atoms with Crippen LogP contribution in [0.3, 0.4) is 0 Å². The number of hydrogen-bond donors (Lipinski definition) is 2. The highest BCUT2D eigenvalue weighted by Gasteiger charge is 2.12. The lowest BCUT2D eigenvalue weighted by Crippen LogP contribution is -2.30. The van der Waals surface area contributed by atoms with E-state index in [4.69, 9.17) is 5.11 Å². The summed E-state index contributed by atoms with van der Waals surface area (Å²) in [5.74, 6) is -0.249. The van der Waals surface area contributed by atoms with E-state index in [0.717, 1.165) is 0 Å². The highest BCUT2D eigenvalue weighted by Crippen LogP contribution is 2.07. The second-order valence-electron chi connectivity index (χ2n) is 3.02. The number of rotatable bonds is 3. The maximum Gasteiger partial charge on any atom is 0.262 e. The lowest BCUT2D eigenvalue weighted by atomic mass is 10.2. The van der Waals surface area contributed by atoms with Crippen molar-refractivity contribution in [3.05, 3.63) is 32.7 Å². The van der Waals surface area contributed by atoms with Gasteiger partial charge in [-0.15, -0.1) is 0 Å². The molecule has 0 aliphatic carbocycles.